The van der Waals surface area contributed by atoms with E-state index in [1.807, 2.05) is 0 Å². The standard InChI is InChI=1S/C9H13N5O3/c1-4(15)3-14-5-6(11-8(14)10)13(2)9(17)12-7(5)16/h4,15H,3H2,1-2H3,(H2,10,11)(H,12,16,17)/t4-/m0/s1. The normalized spacial score (nSPS) is 13.1. The SMILES string of the molecule is C[C@H](O)Cn1c(N)nc2c1c(=O)[nH]c(=O)n2C. The Hall–Kier alpha value is -2.09. The summed E-state index contributed by atoms with van der Waals surface area (Å²) >= 11 is 0. The highest BCUT2D eigenvalue weighted by Crippen LogP contribution is 2.12. The average molecular weight is 239 g/mol. The van der Waals surface area contributed by atoms with Gasteiger partial charge in [0.1, 0.15) is 0 Å². The third kappa shape index (κ3) is 1.72. The number of hydrogen-bond donors (Lipinski definition) is 3. The summed E-state index contributed by atoms with van der Waals surface area (Å²) in [5, 5.41) is 9.34. The Morgan fingerprint density at radius 3 is 2.76 bits per heavy atom. The van der Waals surface area contributed by atoms with E-state index in [1.165, 1.54) is 16.2 Å². The fourth-order valence-corrected chi connectivity index (χ4v) is 1.70. The van der Waals surface area contributed by atoms with Gasteiger partial charge in [-0.15, -0.1) is 0 Å². The van der Waals surface area contributed by atoms with Gasteiger partial charge >= 0.3 is 5.69 Å². The van der Waals surface area contributed by atoms with E-state index >= 15 is 0 Å². The molecule has 2 heterocycles. The minimum Gasteiger partial charge on any atom is -0.392 e. The Bertz CT molecular complexity index is 678. The highest BCUT2D eigenvalue weighted by atomic mass is 16.3. The van der Waals surface area contributed by atoms with Crippen molar-refractivity contribution in [3.05, 3.63) is 20.8 Å². The van der Waals surface area contributed by atoms with Gasteiger partial charge in [0.2, 0.25) is 5.95 Å². The zero-order valence-corrected chi connectivity index (χ0v) is 9.47. The van der Waals surface area contributed by atoms with Crippen LogP contribution < -0.4 is 17.0 Å². The topological polar surface area (TPSA) is 119 Å². The first-order valence-electron chi connectivity index (χ1n) is 5.05. The second kappa shape index (κ2) is 3.74. The van der Waals surface area contributed by atoms with E-state index in [0.29, 0.717) is 0 Å². The van der Waals surface area contributed by atoms with E-state index in [1.54, 1.807) is 6.92 Å². The average Bonchev–Trinajstić information content (AvgIpc) is 2.53. The molecule has 2 rings (SSSR count). The van der Waals surface area contributed by atoms with Crippen molar-refractivity contribution in [3.8, 4) is 0 Å². The van der Waals surface area contributed by atoms with Crippen LogP contribution in [0.3, 0.4) is 0 Å². The maximum Gasteiger partial charge on any atom is 0.329 e. The molecule has 0 spiro atoms. The van der Waals surface area contributed by atoms with Crippen molar-refractivity contribution in [1.82, 2.24) is 19.1 Å². The van der Waals surface area contributed by atoms with Crippen molar-refractivity contribution in [2.45, 2.75) is 19.6 Å². The van der Waals surface area contributed by atoms with E-state index in [-0.39, 0.29) is 23.7 Å². The van der Waals surface area contributed by atoms with Crippen LogP contribution in [0.25, 0.3) is 11.2 Å². The number of H-pyrrole nitrogens is 1. The van der Waals surface area contributed by atoms with Gasteiger partial charge in [0, 0.05) is 7.05 Å². The second-order valence-electron chi connectivity index (χ2n) is 3.92. The zero-order chi connectivity index (χ0) is 12.7. The number of nitrogens with two attached hydrogens (primary N) is 1. The van der Waals surface area contributed by atoms with Gasteiger partial charge in [-0.05, 0) is 6.92 Å². The Labute approximate surface area is 95.3 Å². The predicted octanol–water partition coefficient (Wildman–Crippen LogP) is -1.61. The minimum atomic E-state index is -0.675. The molecule has 0 radical (unpaired) electrons. The zero-order valence-electron chi connectivity index (χ0n) is 9.47. The number of aliphatic hydroxyl groups excluding tert-OH is 1. The third-order valence-electron chi connectivity index (χ3n) is 2.48. The van der Waals surface area contributed by atoms with Gasteiger partial charge in [0.25, 0.3) is 5.56 Å². The number of aryl methyl sites for hydroxylation is 1. The van der Waals surface area contributed by atoms with Gasteiger partial charge in [-0.1, -0.05) is 0 Å². The molecule has 0 unspecified atom stereocenters. The number of nitrogens with zero attached hydrogens (tertiary/aromatic N) is 3. The van der Waals surface area contributed by atoms with Crippen LogP contribution in [-0.2, 0) is 13.6 Å². The number of imidazole rings is 1. The summed E-state index contributed by atoms with van der Waals surface area (Å²) in [5.74, 6) is 0.0904. The van der Waals surface area contributed by atoms with Crippen LogP contribution in [0, 0.1) is 0 Å². The number of fused-ring (bicyclic) bond motifs is 1. The van der Waals surface area contributed by atoms with Crippen molar-refractivity contribution in [2.24, 2.45) is 7.05 Å². The number of aliphatic hydroxyl groups is 1. The summed E-state index contributed by atoms with van der Waals surface area (Å²) in [6.45, 7) is 1.71. The maximum atomic E-state index is 11.7. The van der Waals surface area contributed by atoms with E-state index in [0.717, 1.165) is 0 Å². The lowest BCUT2D eigenvalue weighted by atomic mass is 10.4. The Balaban J connectivity index is 2.87. The molecule has 0 aliphatic carbocycles. The number of nitrogen functional groups attached to an aromatic ring is 1. The molecule has 8 nitrogen and oxygen atoms in total. The molecule has 0 aliphatic rings. The van der Waals surface area contributed by atoms with Gasteiger partial charge in [0.15, 0.2) is 11.2 Å². The summed E-state index contributed by atoms with van der Waals surface area (Å²) in [4.78, 5) is 29.2. The maximum absolute atomic E-state index is 11.7. The lowest BCUT2D eigenvalue weighted by Gasteiger charge is -2.07. The first-order valence-corrected chi connectivity index (χ1v) is 5.05. The van der Waals surface area contributed by atoms with Crippen LogP contribution in [0.4, 0.5) is 5.95 Å². The monoisotopic (exact) mass is 239 g/mol. The molecule has 17 heavy (non-hydrogen) atoms. The van der Waals surface area contributed by atoms with Gasteiger partial charge < -0.3 is 15.4 Å². The molecule has 92 valence electrons. The van der Waals surface area contributed by atoms with Crippen molar-refractivity contribution < 1.29 is 5.11 Å². The summed E-state index contributed by atoms with van der Waals surface area (Å²) in [6, 6.07) is 0. The summed E-state index contributed by atoms with van der Waals surface area (Å²) in [6.07, 6.45) is -0.675. The summed E-state index contributed by atoms with van der Waals surface area (Å²) < 4.78 is 2.59. The number of hydrogen-bond acceptors (Lipinski definition) is 5. The molecular formula is C9H13N5O3. The van der Waals surface area contributed by atoms with Gasteiger partial charge in [-0.2, -0.15) is 4.98 Å². The Kier molecular flexibility index (Phi) is 2.50. The van der Waals surface area contributed by atoms with Crippen LogP contribution in [0.1, 0.15) is 6.92 Å². The molecule has 1 atom stereocenters. The molecule has 8 heteroatoms. The molecule has 0 saturated heterocycles. The fourth-order valence-electron chi connectivity index (χ4n) is 1.70. The number of anilines is 1. The highest BCUT2D eigenvalue weighted by molar-refractivity contribution is 5.73. The second-order valence-corrected chi connectivity index (χ2v) is 3.92. The molecule has 2 aromatic heterocycles. The van der Waals surface area contributed by atoms with Crippen molar-refractivity contribution in [2.75, 3.05) is 5.73 Å². The molecular weight excluding hydrogens is 226 g/mol. The van der Waals surface area contributed by atoms with Gasteiger partial charge in [0.05, 0.1) is 12.6 Å². The molecule has 0 fully saturated rings. The third-order valence-corrected chi connectivity index (χ3v) is 2.48. The summed E-state index contributed by atoms with van der Waals surface area (Å²) in [5.41, 5.74) is 4.94. The van der Waals surface area contributed by atoms with Crippen LogP contribution in [0.5, 0.6) is 0 Å². The minimum absolute atomic E-state index is 0.0904. The van der Waals surface area contributed by atoms with Crippen LogP contribution in [0.2, 0.25) is 0 Å². The molecule has 0 amide bonds. The molecule has 0 bridgehead atoms. The van der Waals surface area contributed by atoms with Crippen LogP contribution >= 0.6 is 0 Å². The van der Waals surface area contributed by atoms with Crippen molar-refractivity contribution in [3.63, 3.8) is 0 Å². The lowest BCUT2D eigenvalue weighted by Crippen LogP contribution is -2.29. The number of aromatic amines is 1. The first-order chi connectivity index (χ1) is 7.91. The van der Waals surface area contributed by atoms with Crippen LogP contribution in [0.15, 0.2) is 9.59 Å². The van der Waals surface area contributed by atoms with Crippen molar-refractivity contribution >= 4 is 17.1 Å². The highest BCUT2D eigenvalue weighted by Gasteiger charge is 2.16. The number of rotatable bonds is 2. The van der Waals surface area contributed by atoms with Gasteiger partial charge in [-0.3, -0.25) is 14.3 Å². The van der Waals surface area contributed by atoms with Crippen molar-refractivity contribution in [1.29, 1.82) is 0 Å². The van der Waals surface area contributed by atoms with E-state index in [9.17, 15) is 14.7 Å². The van der Waals surface area contributed by atoms with E-state index in [2.05, 4.69) is 9.97 Å². The van der Waals surface area contributed by atoms with E-state index in [4.69, 9.17) is 5.73 Å². The number of nitrogens with one attached hydrogen (secondary N) is 1. The molecule has 4 N–H and O–H groups in total. The van der Waals surface area contributed by atoms with Gasteiger partial charge in [-0.25, -0.2) is 4.79 Å². The smallest absolute Gasteiger partial charge is 0.329 e. The van der Waals surface area contributed by atoms with E-state index < -0.39 is 17.4 Å². The quantitative estimate of drug-likeness (QED) is 0.582. The largest absolute Gasteiger partial charge is 0.392 e. The first kappa shape index (κ1) is 11.4. The molecule has 2 aromatic rings. The Morgan fingerprint density at radius 2 is 2.18 bits per heavy atom. The predicted molar refractivity (Wildman–Crippen MR) is 61.7 cm³/mol. The summed E-state index contributed by atoms with van der Waals surface area (Å²) in [7, 11) is 1.49. The lowest BCUT2D eigenvalue weighted by molar-refractivity contribution is 0.175. The van der Waals surface area contributed by atoms with Crippen LogP contribution in [-0.4, -0.2) is 30.3 Å². The molecule has 0 aromatic carbocycles. The number of aromatic nitrogens is 4. The fraction of sp³-hybridized carbons (Fsp3) is 0.444. The molecule has 0 saturated carbocycles. The Morgan fingerprint density at radius 1 is 1.53 bits per heavy atom. The molecule has 0 aliphatic heterocycles.